The lowest BCUT2D eigenvalue weighted by molar-refractivity contribution is -0.165. The number of aliphatic hydroxyl groups excluding tert-OH is 2. The standard InChI is InChI=1S/C42H48F2N4O2.C4H6O6/c1-4-7-8-12-31-17-21-33(22-18-31)34-23-19-32(20-24-34)29-47(28-27-46(5-2)6-3)40(49)30-48-38-16-10-9-14-36(38)42(50)45-39(48)26-25-35-13-11-15-37(43)41(35)44;5-1(3(7)8)2(6)4(9)10/h9-11,13-24H,4-8,12,25-30H2,1-3H3;1-2,5-6H,(H,7,8)(H,9,10). The number of likely N-dealkylation sites (N-methyl/N-ethyl adjacent to an activating group) is 1. The van der Waals surface area contributed by atoms with Crippen molar-refractivity contribution in [3.8, 4) is 11.1 Å². The lowest BCUT2D eigenvalue weighted by Crippen LogP contribution is -2.40. The van der Waals surface area contributed by atoms with Gasteiger partial charge in [0, 0.05) is 26.1 Å². The van der Waals surface area contributed by atoms with Gasteiger partial charge in [0.25, 0.3) is 5.56 Å². The van der Waals surface area contributed by atoms with E-state index in [1.807, 2.05) is 11.0 Å². The molecule has 0 radical (unpaired) electrons. The van der Waals surface area contributed by atoms with Gasteiger partial charge >= 0.3 is 11.9 Å². The van der Waals surface area contributed by atoms with Crippen LogP contribution in [0.2, 0.25) is 0 Å². The van der Waals surface area contributed by atoms with E-state index < -0.39 is 41.3 Å². The number of hydrogen-bond donors (Lipinski definition) is 4. The van der Waals surface area contributed by atoms with Gasteiger partial charge in [0.15, 0.2) is 23.8 Å². The number of unbranched alkanes of at least 4 members (excludes halogenated alkanes) is 2. The van der Waals surface area contributed by atoms with E-state index in [2.05, 4.69) is 79.2 Å². The summed E-state index contributed by atoms with van der Waals surface area (Å²) in [6.45, 7) is 9.81. The number of para-hydroxylation sites is 1. The molecule has 60 heavy (non-hydrogen) atoms. The van der Waals surface area contributed by atoms with Crippen LogP contribution in [0.3, 0.4) is 0 Å². The summed E-state index contributed by atoms with van der Waals surface area (Å²) in [6.07, 6.45) is 0.523. The molecule has 4 aromatic carbocycles. The quantitative estimate of drug-likeness (QED) is 0.0671. The predicted molar refractivity (Wildman–Crippen MR) is 225 cm³/mol. The van der Waals surface area contributed by atoms with Crippen molar-refractivity contribution in [1.82, 2.24) is 19.4 Å². The number of carboxylic acids is 2. The fourth-order valence-corrected chi connectivity index (χ4v) is 6.69. The SMILES string of the molecule is CCCCCc1ccc(-c2ccc(CN(CCN(CC)CC)C(=O)Cn3c(CCc4cccc(F)c4F)nc(=O)c4ccccc43)cc2)cc1.O=C(O)C(O)C(O)C(=O)O. The van der Waals surface area contributed by atoms with Crippen LogP contribution in [0.25, 0.3) is 22.0 Å². The normalized spacial score (nSPS) is 12.1. The maximum Gasteiger partial charge on any atom is 0.335 e. The van der Waals surface area contributed by atoms with Gasteiger partial charge in [0.2, 0.25) is 5.91 Å². The van der Waals surface area contributed by atoms with E-state index in [-0.39, 0.29) is 30.9 Å². The minimum atomic E-state index is -2.27. The Kier molecular flexibility index (Phi) is 18.0. The highest BCUT2D eigenvalue weighted by Gasteiger charge is 2.29. The molecule has 320 valence electrons. The average Bonchev–Trinajstić information content (AvgIpc) is 3.25. The number of rotatable bonds is 20. The predicted octanol–water partition coefficient (Wildman–Crippen LogP) is 6.11. The zero-order valence-corrected chi connectivity index (χ0v) is 34.3. The van der Waals surface area contributed by atoms with Gasteiger partial charge in [0.1, 0.15) is 12.4 Å². The second-order valence-electron chi connectivity index (χ2n) is 14.4. The van der Waals surface area contributed by atoms with Gasteiger partial charge in [-0.1, -0.05) is 106 Å². The molecule has 14 heteroatoms. The first-order chi connectivity index (χ1) is 28.8. The number of hydrogen-bond acceptors (Lipinski definition) is 8. The van der Waals surface area contributed by atoms with E-state index in [0.717, 1.165) is 48.8 Å². The molecule has 12 nitrogen and oxygen atoms in total. The van der Waals surface area contributed by atoms with Crippen molar-refractivity contribution in [2.75, 3.05) is 26.2 Å². The molecule has 0 aliphatic carbocycles. The Morgan fingerprint density at radius 3 is 1.90 bits per heavy atom. The first kappa shape index (κ1) is 46.9. The molecule has 5 rings (SSSR count). The van der Waals surface area contributed by atoms with Gasteiger partial charge in [-0.2, -0.15) is 4.98 Å². The Morgan fingerprint density at radius 1 is 0.717 bits per heavy atom. The van der Waals surface area contributed by atoms with Gasteiger partial charge in [-0.3, -0.25) is 9.59 Å². The molecule has 0 spiro atoms. The number of aromatic nitrogens is 2. The Hall–Kier alpha value is -5.83. The number of aliphatic carboxylic acids is 2. The molecular formula is C46H54F2N4O8. The maximum atomic E-state index is 14.5. The minimum Gasteiger partial charge on any atom is -0.479 e. The second kappa shape index (κ2) is 23.1. The van der Waals surface area contributed by atoms with E-state index >= 15 is 0 Å². The van der Waals surface area contributed by atoms with E-state index in [1.165, 1.54) is 37.0 Å². The Labute approximate surface area is 348 Å². The highest BCUT2D eigenvalue weighted by Crippen LogP contribution is 2.23. The number of fused-ring (bicyclic) bond motifs is 1. The Bertz CT molecular complexity index is 2230. The molecule has 1 aromatic heterocycles. The van der Waals surface area contributed by atoms with Crippen LogP contribution in [0, 0.1) is 11.6 Å². The Morgan fingerprint density at radius 2 is 1.32 bits per heavy atom. The largest absolute Gasteiger partial charge is 0.479 e. The third kappa shape index (κ3) is 13.1. The molecule has 4 N–H and O–H groups in total. The van der Waals surface area contributed by atoms with Crippen LogP contribution in [-0.2, 0) is 46.7 Å². The number of amides is 1. The van der Waals surface area contributed by atoms with Crippen LogP contribution in [0.15, 0.2) is 95.8 Å². The van der Waals surface area contributed by atoms with E-state index in [4.69, 9.17) is 20.4 Å². The highest BCUT2D eigenvalue weighted by atomic mass is 19.2. The average molecular weight is 829 g/mol. The molecule has 0 bridgehead atoms. The minimum absolute atomic E-state index is 0.0459. The summed E-state index contributed by atoms with van der Waals surface area (Å²) >= 11 is 0. The molecule has 0 fully saturated rings. The topological polar surface area (TPSA) is 174 Å². The molecule has 0 saturated heterocycles. The number of carbonyl (C=O) groups excluding carboxylic acids is 1. The van der Waals surface area contributed by atoms with Gasteiger partial charge in [-0.15, -0.1) is 0 Å². The first-order valence-corrected chi connectivity index (χ1v) is 20.2. The molecular weight excluding hydrogens is 775 g/mol. The smallest absolute Gasteiger partial charge is 0.335 e. The molecule has 0 aliphatic heterocycles. The number of benzene rings is 4. The van der Waals surface area contributed by atoms with Crippen molar-refractivity contribution >= 4 is 28.7 Å². The first-order valence-electron chi connectivity index (χ1n) is 20.2. The third-order valence-electron chi connectivity index (χ3n) is 10.3. The zero-order valence-electron chi connectivity index (χ0n) is 34.3. The molecule has 2 atom stereocenters. The second-order valence-corrected chi connectivity index (χ2v) is 14.4. The summed E-state index contributed by atoms with van der Waals surface area (Å²) < 4.78 is 30.2. The lowest BCUT2D eigenvalue weighted by atomic mass is 10.0. The molecule has 2 unspecified atom stereocenters. The molecule has 5 aromatic rings. The van der Waals surface area contributed by atoms with E-state index in [0.29, 0.717) is 29.8 Å². The van der Waals surface area contributed by atoms with Crippen LogP contribution in [0.1, 0.15) is 62.5 Å². The van der Waals surface area contributed by atoms with E-state index in [1.54, 1.807) is 22.8 Å². The lowest BCUT2D eigenvalue weighted by Gasteiger charge is -2.28. The van der Waals surface area contributed by atoms with Crippen LogP contribution < -0.4 is 5.56 Å². The fraction of sp³-hybridized carbons (Fsp3) is 0.370. The summed E-state index contributed by atoms with van der Waals surface area (Å²) in [5.74, 6) is -5.13. The van der Waals surface area contributed by atoms with Crippen molar-refractivity contribution in [3.63, 3.8) is 0 Å². The Balaban J connectivity index is 0.000000703. The molecule has 1 amide bonds. The van der Waals surface area contributed by atoms with E-state index in [9.17, 15) is 28.0 Å². The highest BCUT2D eigenvalue weighted by molar-refractivity contribution is 5.83. The molecule has 1 heterocycles. The van der Waals surface area contributed by atoms with Crippen LogP contribution in [0.5, 0.6) is 0 Å². The van der Waals surface area contributed by atoms with Crippen molar-refractivity contribution in [2.45, 2.75) is 84.6 Å². The summed E-state index contributed by atoms with van der Waals surface area (Å²) in [5, 5.41) is 32.9. The summed E-state index contributed by atoms with van der Waals surface area (Å²) in [4.78, 5) is 55.3. The molecule has 0 aliphatic rings. The number of aryl methyl sites for hydroxylation is 3. The van der Waals surface area contributed by atoms with Gasteiger partial charge in [0.05, 0.1) is 10.9 Å². The number of carboxylic acid groups (broad SMARTS) is 2. The zero-order chi connectivity index (χ0) is 43.8. The van der Waals surface area contributed by atoms with Crippen molar-refractivity contribution < 1.29 is 43.6 Å². The van der Waals surface area contributed by atoms with Crippen LogP contribution >= 0.6 is 0 Å². The van der Waals surface area contributed by atoms with Crippen molar-refractivity contribution in [2.24, 2.45) is 0 Å². The van der Waals surface area contributed by atoms with Crippen molar-refractivity contribution in [3.05, 3.63) is 135 Å². The van der Waals surface area contributed by atoms with Gasteiger partial charge in [-0.05, 0) is 78.4 Å². The molecule has 0 saturated carbocycles. The monoisotopic (exact) mass is 828 g/mol. The maximum absolute atomic E-state index is 14.5. The fourth-order valence-electron chi connectivity index (χ4n) is 6.69. The van der Waals surface area contributed by atoms with Crippen LogP contribution in [0.4, 0.5) is 8.78 Å². The van der Waals surface area contributed by atoms with Crippen LogP contribution in [-0.4, -0.2) is 96.0 Å². The van der Waals surface area contributed by atoms with Gasteiger partial charge < -0.3 is 34.8 Å². The number of aliphatic hydroxyl groups is 2. The van der Waals surface area contributed by atoms with Crippen molar-refractivity contribution in [1.29, 1.82) is 0 Å². The summed E-state index contributed by atoms with van der Waals surface area (Å²) in [7, 11) is 0. The summed E-state index contributed by atoms with van der Waals surface area (Å²) in [6, 6.07) is 28.3. The number of carbonyl (C=O) groups is 3. The van der Waals surface area contributed by atoms with Gasteiger partial charge in [-0.25, -0.2) is 18.4 Å². The number of halogens is 2. The summed E-state index contributed by atoms with van der Waals surface area (Å²) in [5.41, 5.74) is 5.02. The number of nitrogens with zero attached hydrogens (tertiary/aromatic N) is 4. The third-order valence-corrected chi connectivity index (χ3v) is 10.3.